The summed E-state index contributed by atoms with van der Waals surface area (Å²) < 4.78 is 16.7. The second-order valence-electron chi connectivity index (χ2n) is 8.07. The number of imide groups is 1. The molecule has 36 heavy (non-hydrogen) atoms. The number of nitrogens with zero attached hydrogens (tertiary/aromatic N) is 1. The molecular weight excluding hydrogens is 502 g/mol. The Hall–Kier alpha value is -3.49. The number of furan rings is 1. The van der Waals surface area contributed by atoms with Gasteiger partial charge in [0.05, 0.1) is 28.6 Å². The number of thioether (sulfide) groups is 1. The summed E-state index contributed by atoms with van der Waals surface area (Å²) in [5.41, 5.74) is 2.91. The first-order valence-corrected chi connectivity index (χ1v) is 12.5. The number of ether oxygens (including phenoxy) is 2. The molecule has 1 aromatic heterocycles. The molecule has 0 aliphatic carbocycles. The van der Waals surface area contributed by atoms with Gasteiger partial charge >= 0.3 is 5.97 Å². The lowest BCUT2D eigenvalue weighted by molar-refractivity contribution is -0.123. The molecule has 0 radical (unpaired) electrons. The van der Waals surface area contributed by atoms with Gasteiger partial charge in [0, 0.05) is 11.6 Å². The van der Waals surface area contributed by atoms with Crippen LogP contribution in [0.2, 0.25) is 5.02 Å². The van der Waals surface area contributed by atoms with E-state index in [0.29, 0.717) is 17.1 Å². The normalized spacial score (nSPS) is 14.6. The third kappa shape index (κ3) is 5.66. The Morgan fingerprint density at radius 1 is 1.11 bits per heavy atom. The van der Waals surface area contributed by atoms with Gasteiger partial charge in [0.1, 0.15) is 23.9 Å². The van der Waals surface area contributed by atoms with Gasteiger partial charge in [-0.1, -0.05) is 23.7 Å². The Morgan fingerprint density at radius 2 is 1.92 bits per heavy atom. The van der Waals surface area contributed by atoms with Crippen molar-refractivity contribution in [1.82, 2.24) is 4.90 Å². The highest BCUT2D eigenvalue weighted by molar-refractivity contribution is 8.18. The Balaban J connectivity index is 1.44. The van der Waals surface area contributed by atoms with Crippen LogP contribution in [-0.2, 0) is 9.53 Å². The van der Waals surface area contributed by atoms with E-state index < -0.39 is 11.9 Å². The average Bonchev–Trinajstić information content (AvgIpc) is 3.41. The van der Waals surface area contributed by atoms with Crippen LogP contribution in [-0.4, -0.2) is 41.8 Å². The molecule has 0 N–H and O–H groups in total. The predicted molar refractivity (Wildman–Crippen MR) is 139 cm³/mol. The molecule has 186 valence electrons. The summed E-state index contributed by atoms with van der Waals surface area (Å²) in [7, 11) is 0. The smallest absolute Gasteiger partial charge is 0.339 e. The molecule has 0 saturated carbocycles. The van der Waals surface area contributed by atoms with Crippen molar-refractivity contribution in [2.45, 2.75) is 20.8 Å². The summed E-state index contributed by atoms with van der Waals surface area (Å²) in [6.07, 6.45) is 1.53. The van der Waals surface area contributed by atoms with Crippen LogP contribution < -0.4 is 4.74 Å². The molecule has 0 bridgehead atoms. The fourth-order valence-corrected chi connectivity index (χ4v) is 4.60. The van der Waals surface area contributed by atoms with Gasteiger partial charge < -0.3 is 13.9 Å². The first-order chi connectivity index (χ1) is 17.3. The minimum absolute atomic E-state index is 0.139. The number of hydrogen-bond donors (Lipinski definition) is 0. The summed E-state index contributed by atoms with van der Waals surface area (Å²) in [4.78, 5) is 38.8. The second-order valence-corrected chi connectivity index (χ2v) is 9.47. The van der Waals surface area contributed by atoms with Crippen LogP contribution in [0.15, 0.2) is 57.9 Å². The Bertz CT molecular complexity index is 1360. The van der Waals surface area contributed by atoms with E-state index in [0.717, 1.165) is 33.5 Å². The first-order valence-electron chi connectivity index (χ1n) is 11.3. The summed E-state index contributed by atoms with van der Waals surface area (Å²) in [6, 6.07) is 14.2. The molecule has 3 aromatic rings. The van der Waals surface area contributed by atoms with Gasteiger partial charge in [-0.2, -0.15) is 0 Å². The molecule has 1 saturated heterocycles. The highest BCUT2D eigenvalue weighted by atomic mass is 35.5. The molecule has 2 heterocycles. The number of aryl methyl sites for hydroxylation is 2. The van der Waals surface area contributed by atoms with Crippen LogP contribution in [0.5, 0.6) is 5.75 Å². The minimum Gasteiger partial charge on any atom is -0.491 e. The van der Waals surface area contributed by atoms with Crippen molar-refractivity contribution in [1.29, 1.82) is 0 Å². The maximum atomic E-state index is 12.8. The minimum atomic E-state index is -0.522. The lowest BCUT2D eigenvalue weighted by Crippen LogP contribution is -2.32. The van der Waals surface area contributed by atoms with E-state index in [1.807, 2.05) is 32.0 Å². The molecule has 2 aromatic carbocycles. The number of carbonyl (C=O) groups is 3. The number of benzene rings is 2. The van der Waals surface area contributed by atoms with E-state index in [-0.39, 0.29) is 40.5 Å². The molecule has 0 unspecified atom stereocenters. The maximum Gasteiger partial charge on any atom is 0.339 e. The summed E-state index contributed by atoms with van der Waals surface area (Å²) in [5, 5.41) is -0.0847. The SMILES string of the molecule is CCOC(=O)c1cc(-c2ccc(/C=C3\SC(=O)N(CCOc4cc(C)ccc4C)C3=O)o2)ccc1Cl. The monoisotopic (exact) mass is 525 g/mol. The number of esters is 1. The zero-order valence-corrected chi connectivity index (χ0v) is 21.6. The molecule has 0 atom stereocenters. The average molecular weight is 526 g/mol. The highest BCUT2D eigenvalue weighted by Crippen LogP contribution is 2.34. The van der Waals surface area contributed by atoms with Gasteiger partial charge in [-0.15, -0.1) is 0 Å². The molecule has 1 fully saturated rings. The van der Waals surface area contributed by atoms with Crippen molar-refractivity contribution in [3.63, 3.8) is 0 Å². The third-order valence-corrected chi connectivity index (χ3v) is 6.67. The van der Waals surface area contributed by atoms with E-state index in [9.17, 15) is 14.4 Å². The number of rotatable bonds is 8. The molecule has 2 amide bonds. The Morgan fingerprint density at radius 3 is 2.69 bits per heavy atom. The van der Waals surface area contributed by atoms with Crippen LogP contribution in [0.25, 0.3) is 17.4 Å². The lowest BCUT2D eigenvalue weighted by Gasteiger charge is -2.14. The third-order valence-electron chi connectivity index (χ3n) is 5.44. The van der Waals surface area contributed by atoms with E-state index in [1.54, 1.807) is 37.3 Å². The molecule has 4 rings (SSSR count). The number of amides is 2. The van der Waals surface area contributed by atoms with Crippen molar-refractivity contribution < 1.29 is 28.3 Å². The van der Waals surface area contributed by atoms with Crippen LogP contribution >= 0.6 is 23.4 Å². The first kappa shape index (κ1) is 25.6. The molecule has 1 aliphatic heterocycles. The van der Waals surface area contributed by atoms with Gasteiger partial charge in [-0.05, 0) is 80.1 Å². The van der Waals surface area contributed by atoms with Gasteiger partial charge in [0.25, 0.3) is 11.1 Å². The van der Waals surface area contributed by atoms with Gasteiger partial charge in [0.2, 0.25) is 0 Å². The molecule has 1 aliphatic rings. The van der Waals surface area contributed by atoms with Gasteiger partial charge in [-0.25, -0.2) is 4.79 Å². The topological polar surface area (TPSA) is 86.0 Å². The Labute approximate surface area is 218 Å². The van der Waals surface area contributed by atoms with E-state index >= 15 is 0 Å². The number of carbonyl (C=O) groups excluding carboxylic acids is 3. The Kier molecular flexibility index (Phi) is 7.86. The summed E-state index contributed by atoms with van der Waals surface area (Å²) in [6.45, 7) is 6.20. The predicted octanol–water partition coefficient (Wildman–Crippen LogP) is 6.51. The maximum absolute atomic E-state index is 12.8. The standard InChI is InChI=1S/C27H24ClNO6S/c1-4-33-26(31)20-14-18(7-9-21(20)28)22-10-8-19(35-22)15-24-25(30)29(27(32)36-24)11-12-34-23-13-16(2)5-6-17(23)3/h5-10,13-15H,4,11-12H2,1-3H3/b24-15-. The summed E-state index contributed by atoms with van der Waals surface area (Å²) >= 11 is 6.99. The molecule has 9 heteroatoms. The molecular formula is C27H24ClNO6S. The van der Waals surface area contributed by atoms with Gasteiger partial charge in [-0.3, -0.25) is 14.5 Å². The van der Waals surface area contributed by atoms with Crippen LogP contribution in [0.3, 0.4) is 0 Å². The summed E-state index contributed by atoms with van der Waals surface area (Å²) in [5.74, 6) is 0.684. The van der Waals surface area contributed by atoms with Crippen molar-refractivity contribution in [2.24, 2.45) is 0 Å². The van der Waals surface area contributed by atoms with E-state index in [2.05, 4.69) is 0 Å². The largest absolute Gasteiger partial charge is 0.491 e. The van der Waals surface area contributed by atoms with Crippen molar-refractivity contribution in [3.05, 3.63) is 80.9 Å². The number of hydrogen-bond acceptors (Lipinski definition) is 7. The second kappa shape index (κ2) is 11.1. The van der Waals surface area contributed by atoms with E-state index in [4.69, 9.17) is 25.5 Å². The van der Waals surface area contributed by atoms with Crippen molar-refractivity contribution >= 4 is 46.6 Å². The van der Waals surface area contributed by atoms with Crippen LogP contribution in [0.4, 0.5) is 4.79 Å². The highest BCUT2D eigenvalue weighted by Gasteiger charge is 2.35. The fraction of sp³-hybridized carbons (Fsp3) is 0.222. The van der Waals surface area contributed by atoms with Crippen molar-refractivity contribution in [2.75, 3.05) is 19.8 Å². The van der Waals surface area contributed by atoms with Crippen LogP contribution in [0.1, 0.15) is 34.2 Å². The van der Waals surface area contributed by atoms with Gasteiger partial charge in [0.15, 0.2) is 0 Å². The lowest BCUT2D eigenvalue weighted by atomic mass is 10.1. The molecule has 0 spiro atoms. The zero-order valence-electron chi connectivity index (χ0n) is 20.0. The quantitative estimate of drug-likeness (QED) is 0.245. The molecule has 7 nitrogen and oxygen atoms in total. The zero-order chi connectivity index (χ0) is 25.8. The van der Waals surface area contributed by atoms with E-state index in [1.165, 1.54) is 6.08 Å². The number of halogens is 1. The van der Waals surface area contributed by atoms with Crippen molar-refractivity contribution in [3.8, 4) is 17.1 Å². The fourth-order valence-electron chi connectivity index (χ4n) is 3.56. The van der Waals surface area contributed by atoms with Crippen LogP contribution in [0, 0.1) is 13.8 Å².